The fraction of sp³-hybridized carbons (Fsp3) is 0.136. The zero-order chi connectivity index (χ0) is 20.0. The maximum Gasteiger partial charge on any atom is 0.422 e. The summed E-state index contributed by atoms with van der Waals surface area (Å²) in [4.78, 5) is 4.27. The van der Waals surface area contributed by atoms with E-state index in [-0.39, 0.29) is 5.75 Å². The highest BCUT2D eigenvalue weighted by Crippen LogP contribution is 2.28. The zero-order valence-electron chi connectivity index (χ0n) is 14.7. The number of hydrogen-bond donors (Lipinski definition) is 0. The van der Waals surface area contributed by atoms with Gasteiger partial charge < -0.3 is 9.47 Å². The molecule has 6 heteroatoms. The number of benzene rings is 2. The molecule has 3 aromatic rings. The molecule has 1 aromatic heterocycles. The van der Waals surface area contributed by atoms with Gasteiger partial charge in [0.2, 0.25) is 5.88 Å². The number of pyridine rings is 1. The fourth-order valence-corrected chi connectivity index (χ4v) is 2.51. The van der Waals surface area contributed by atoms with Crippen molar-refractivity contribution in [2.24, 2.45) is 0 Å². The maximum atomic E-state index is 12.3. The molecule has 0 saturated heterocycles. The van der Waals surface area contributed by atoms with Crippen LogP contribution in [0.25, 0.3) is 11.1 Å². The minimum absolute atomic E-state index is 0.0600. The fourth-order valence-electron chi connectivity index (χ4n) is 2.51. The zero-order valence-corrected chi connectivity index (χ0v) is 14.7. The summed E-state index contributed by atoms with van der Waals surface area (Å²) < 4.78 is 47.3. The molecule has 0 aliphatic heterocycles. The molecule has 0 aliphatic carbocycles. The molecule has 0 bridgehead atoms. The van der Waals surface area contributed by atoms with E-state index < -0.39 is 12.8 Å². The molecule has 0 fully saturated rings. The van der Waals surface area contributed by atoms with E-state index in [0.29, 0.717) is 23.6 Å². The van der Waals surface area contributed by atoms with Crippen molar-refractivity contribution in [2.75, 3.05) is 6.61 Å². The summed E-state index contributed by atoms with van der Waals surface area (Å²) in [6, 6.07) is 17.7. The number of terminal acetylenes is 1. The summed E-state index contributed by atoms with van der Waals surface area (Å²) in [7, 11) is 0. The standard InChI is InChI=1S/C22H16F3NO2/c1-2-17-12-19(28-15-22(23,24)25)9-10-20(17)18-8-11-21(26-13-18)27-14-16-6-4-3-5-7-16/h1,3-13H,14-15H2. The van der Waals surface area contributed by atoms with Crippen molar-refractivity contribution in [3.8, 4) is 35.1 Å². The van der Waals surface area contributed by atoms with Crippen LogP contribution in [0.5, 0.6) is 11.6 Å². The molecule has 142 valence electrons. The van der Waals surface area contributed by atoms with Gasteiger partial charge in [-0.2, -0.15) is 13.2 Å². The molecule has 2 aromatic carbocycles. The number of aromatic nitrogens is 1. The number of nitrogens with zero attached hydrogens (tertiary/aromatic N) is 1. The summed E-state index contributed by atoms with van der Waals surface area (Å²) >= 11 is 0. The molecule has 3 nitrogen and oxygen atoms in total. The van der Waals surface area contributed by atoms with Gasteiger partial charge in [0.1, 0.15) is 12.4 Å². The Morgan fingerprint density at radius 1 is 0.964 bits per heavy atom. The Bertz CT molecular complexity index is 962. The first kappa shape index (κ1) is 19.3. The molecule has 3 rings (SSSR count). The van der Waals surface area contributed by atoms with Crippen molar-refractivity contribution in [1.82, 2.24) is 4.98 Å². The predicted molar refractivity (Wildman–Crippen MR) is 99.9 cm³/mol. The highest BCUT2D eigenvalue weighted by Gasteiger charge is 2.28. The van der Waals surface area contributed by atoms with E-state index in [1.165, 1.54) is 12.1 Å². The van der Waals surface area contributed by atoms with Crippen LogP contribution in [0.2, 0.25) is 0 Å². The number of ether oxygens (including phenoxy) is 2. The van der Waals surface area contributed by atoms with E-state index in [1.807, 2.05) is 30.3 Å². The second kappa shape index (κ2) is 8.49. The summed E-state index contributed by atoms with van der Waals surface area (Å²) in [5.41, 5.74) is 2.84. The summed E-state index contributed by atoms with van der Waals surface area (Å²) in [5, 5.41) is 0. The Morgan fingerprint density at radius 2 is 1.75 bits per heavy atom. The lowest BCUT2D eigenvalue weighted by Crippen LogP contribution is -2.19. The number of hydrogen-bond acceptors (Lipinski definition) is 3. The molecular weight excluding hydrogens is 367 g/mol. The average molecular weight is 383 g/mol. The van der Waals surface area contributed by atoms with Crippen LogP contribution in [0.15, 0.2) is 66.9 Å². The molecule has 0 unspecified atom stereocenters. The Morgan fingerprint density at radius 3 is 2.39 bits per heavy atom. The van der Waals surface area contributed by atoms with Crippen LogP contribution in [0.4, 0.5) is 13.2 Å². The molecule has 0 amide bonds. The van der Waals surface area contributed by atoms with Crippen LogP contribution >= 0.6 is 0 Å². The van der Waals surface area contributed by atoms with Crippen LogP contribution in [-0.2, 0) is 6.61 Å². The smallest absolute Gasteiger partial charge is 0.422 e. The molecule has 0 atom stereocenters. The minimum atomic E-state index is -4.41. The van der Waals surface area contributed by atoms with E-state index in [4.69, 9.17) is 15.9 Å². The molecule has 0 spiro atoms. The van der Waals surface area contributed by atoms with Crippen molar-refractivity contribution < 1.29 is 22.6 Å². The van der Waals surface area contributed by atoms with Crippen LogP contribution in [-0.4, -0.2) is 17.8 Å². The number of halogens is 3. The van der Waals surface area contributed by atoms with Crippen LogP contribution in [0.1, 0.15) is 11.1 Å². The van der Waals surface area contributed by atoms with Gasteiger partial charge >= 0.3 is 6.18 Å². The van der Waals surface area contributed by atoms with Crippen molar-refractivity contribution in [2.45, 2.75) is 12.8 Å². The second-order valence-electron chi connectivity index (χ2n) is 5.91. The largest absolute Gasteiger partial charge is 0.484 e. The van der Waals surface area contributed by atoms with Gasteiger partial charge in [0, 0.05) is 23.4 Å². The number of alkyl halides is 3. The normalized spacial score (nSPS) is 10.9. The first-order valence-electron chi connectivity index (χ1n) is 8.38. The highest BCUT2D eigenvalue weighted by atomic mass is 19.4. The van der Waals surface area contributed by atoms with Gasteiger partial charge in [-0.1, -0.05) is 36.3 Å². The molecule has 0 N–H and O–H groups in total. The van der Waals surface area contributed by atoms with Crippen molar-refractivity contribution in [1.29, 1.82) is 0 Å². The van der Waals surface area contributed by atoms with Crippen LogP contribution in [0.3, 0.4) is 0 Å². The SMILES string of the molecule is C#Cc1cc(OCC(F)(F)F)ccc1-c1ccc(OCc2ccccc2)nc1. The lowest BCUT2D eigenvalue weighted by molar-refractivity contribution is -0.153. The molecular formula is C22H16F3NO2. The first-order chi connectivity index (χ1) is 13.4. The maximum absolute atomic E-state index is 12.3. The minimum Gasteiger partial charge on any atom is -0.484 e. The van der Waals surface area contributed by atoms with Gasteiger partial charge in [-0.25, -0.2) is 4.98 Å². The monoisotopic (exact) mass is 383 g/mol. The van der Waals surface area contributed by atoms with Gasteiger partial charge in [-0.15, -0.1) is 6.42 Å². The molecule has 28 heavy (non-hydrogen) atoms. The summed E-state index contributed by atoms with van der Waals surface area (Å²) in [6.45, 7) is -0.973. The molecule has 1 heterocycles. The molecule has 0 radical (unpaired) electrons. The topological polar surface area (TPSA) is 31.4 Å². The second-order valence-corrected chi connectivity index (χ2v) is 5.91. The van der Waals surface area contributed by atoms with Gasteiger partial charge in [0.25, 0.3) is 0 Å². The van der Waals surface area contributed by atoms with Gasteiger partial charge in [0.15, 0.2) is 6.61 Å². The van der Waals surface area contributed by atoms with Gasteiger partial charge in [-0.05, 0) is 35.4 Å². The van der Waals surface area contributed by atoms with Gasteiger partial charge in [-0.3, -0.25) is 0 Å². The predicted octanol–water partition coefficient (Wildman–Crippen LogP) is 5.25. The Balaban J connectivity index is 1.71. The summed E-state index contributed by atoms with van der Waals surface area (Å²) in [5.74, 6) is 2.99. The van der Waals surface area contributed by atoms with Crippen molar-refractivity contribution >= 4 is 0 Å². The highest BCUT2D eigenvalue weighted by molar-refractivity contribution is 5.71. The van der Waals surface area contributed by atoms with Gasteiger partial charge in [0.05, 0.1) is 0 Å². The van der Waals surface area contributed by atoms with E-state index >= 15 is 0 Å². The van der Waals surface area contributed by atoms with E-state index in [2.05, 4.69) is 10.9 Å². The van der Waals surface area contributed by atoms with Crippen LogP contribution < -0.4 is 9.47 Å². The lowest BCUT2D eigenvalue weighted by atomic mass is 10.0. The third kappa shape index (κ3) is 5.27. The molecule has 0 aliphatic rings. The Kier molecular flexibility index (Phi) is 5.85. The lowest BCUT2D eigenvalue weighted by Gasteiger charge is -2.12. The molecule has 0 saturated carbocycles. The summed E-state index contributed by atoms with van der Waals surface area (Å²) in [6.07, 6.45) is 2.70. The average Bonchev–Trinajstić information content (AvgIpc) is 2.71. The Hall–Kier alpha value is -3.46. The number of rotatable bonds is 6. The van der Waals surface area contributed by atoms with Crippen LogP contribution in [0, 0.1) is 12.3 Å². The van der Waals surface area contributed by atoms with E-state index in [1.54, 1.807) is 24.4 Å². The van der Waals surface area contributed by atoms with E-state index in [9.17, 15) is 13.2 Å². The van der Waals surface area contributed by atoms with Crippen molar-refractivity contribution in [3.05, 3.63) is 78.0 Å². The van der Waals surface area contributed by atoms with E-state index in [0.717, 1.165) is 11.1 Å². The third-order valence-corrected chi connectivity index (χ3v) is 3.83. The third-order valence-electron chi connectivity index (χ3n) is 3.83. The Labute approximate surface area is 160 Å². The quantitative estimate of drug-likeness (QED) is 0.545. The van der Waals surface area contributed by atoms with Crippen molar-refractivity contribution in [3.63, 3.8) is 0 Å². The first-order valence-corrected chi connectivity index (χ1v) is 8.38.